The van der Waals surface area contributed by atoms with Crippen LogP contribution < -0.4 is 0 Å². The average molecular weight is 349 g/mol. The van der Waals surface area contributed by atoms with Gasteiger partial charge in [0, 0.05) is 6.42 Å². The Hall–Kier alpha value is -1.69. The van der Waals surface area contributed by atoms with Crippen molar-refractivity contribution >= 4 is 16.6 Å². The van der Waals surface area contributed by atoms with E-state index in [2.05, 4.69) is 0 Å². The molecule has 8 heteroatoms. The van der Waals surface area contributed by atoms with Crippen molar-refractivity contribution in [3.63, 3.8) is 0 Å². The number of hydrogen-bond donors (Lipinski definition) is 0. The highest BCUT2D eigenvalue weighted by molar-refractivity contribution is 6.70. The maximum atomic E-state index is 9.47. The van der Waals surface area contributed by atoms with E-state index >= 15 is 0 Å². The molecule has 0 N–H and O–H groups in total. The van der Waals surface area contributed by atoms with E-state index in [1.165, 1.54) is 0 Å². The second kappa shape index (κ2) is 7.73. The molecule has 0 amide bonds. The van der Waals surface area contributed by atoms with Gasteiger partial charge in [-0.1, -0.05) is 0 Å². The minimum absolute atomic E-state index is 0.103. The number of nitrogens with zero attached hydrogens (tertiary/aromatic N) is 4. The summed E-state index contributed by atoms with van der Waals surface area (Å²) in [6, 6.07) is 7.79. The molecule has 0 aromatic heterocycles. The second-order valence-corrected chi connectivity index (χ2v) is 16.6. The van der Waals surface area contributed by atoms with Crippen LogP contribution in [0, 0.1) is 56.2 Å². The van der Waals surface area contributed by atoms with Crippen molar-refractivity contribution in [2.45, 2.75) is 45.7 Å². The molecule has 0 radical (unpaired) electrons. The van der Waals surface area contributed by atoms with Crippen molar-refractivity contribution in [3.05, 3.63) is 0 Å². The van der Waals surface area contributed by atoms with Crippen LogP contribution in [0.2, 0.25) is 39.3 Å². The molecule has 0 rings (SSSR count). The Morgan fingerprint density at radius 1 is 0.652 bits per heavy atom. The third kappa shape index (κ3) is 7.41. The fraction of sp³-hybridized carbons (Fsp3) is 0.733. The lowest BCUT2D eigenvalue weighted by Crippen LogP contribution is -2.40. The molecule has 124 valence electrons. The molecular formula is C15H24N4O2Si2. The predicted octanol–water partition coefficient (Wildman–Crippen LogP) is 3.15. The summed E-state index contributed by atoms with van der Waals surface area (Å²) in [5, 5.41) is 37.9. The minimum Gasteiger partial charge on any atom is -0.415 e. The van der Waals surface area contributed by atoms with Gasteiger partial charge in [0.25, 0.3) is 0 Å². The van der Waals surface area contributed by atoms with Crippen molar-refractivity contribution in [2.75, 3.05) is 13.2 Å². The molecule has 0 unspecified atom stereocenters. The van der Waals surface area contributed by atoms with E-state index in [0.717, 1.165) is 0 Å². The summed E-state index contributed by atoms with van der Waals surface area (Å²) in [7, 11) is -3.87. The Balaban J connectivity index is 5.44. The third-order valence-corrected chi connectivity index (χ3v) is 4.98. The molecule has 0 bridgehead atoms. The van der Waals surface area contributed by atoms with Crippen molar-refractivity contribution in [2.24, 2.45) is 10.8 Å². The zero-order chi connectivity index (χ0) is 18.4. The van der Waals surface area contributed by atoms with Crippen molar-refractivity contribution in [1.29, 1.82) is 21.0 Å². The standard InChI is InChI=1S/C15H24N4O2Si2/c1-22(2,3)20-12-14(8-16,9-17)7-15(10-18,11-19)13-21-23(4,5)6/h7,12-13H2,1-6H3. The van der Waals surface area contributed by atoms with Gasteiger partial charge >= 0.3 is 0 Å². The summed E-state index contributed by atoms with van der Waals surface area (Å²) in [5.41, 5.74) is -3.07. The smallest absolute Gasteiger partial charge is 0.183 e. The summed E-state index contributed by atoms with van der Waals surface area (Å²) in [6.45, 7) is 11.5. The van der Waals surface area contributed by atoms with Gasteiger partial charge in [-0.25, -0.2) is 0 Å². The molecule has 0 aliphatic carbocycles. The predicted molar refractivity (Wildman–Crippen MR) is 90.5 cm³/mol. The lowest BCUT2D eigenvalue weighted by atomic mass is 9.74. The SMILES string of the molecule is C[Si](C)(C)OCC(C#N)(C#N)CC(C#N)(C#N)CO[Si](C)(C)C. The number of nitriles is 4. The lowest BCUT2D eigenvalue weighted by molar-refractivity contribution is 0.158. The zero-order valence-corrected chi connectivity index (χ0v) is 16.7. The van der Waals surface area contributed by atoms with E-state index in [1.807, 2.05) is 63.6 Å². The van der Waals surface area contributed by atoms with Gasteiger partial charge in [0.2, 0.25) is 0 Å². The maximum absolute atomic E-state index is 9.47. The van der Waals surface area contributed by atoms with E-state index in [1.54, 1.807) is 0 Å². The van der Waals surface area contributed by atoms with Crippen LogP contribution in [0.4, 0.5) is 0 Å². The molecule has 0 atom stereocenters. The Labute approximate surface area is 141 Å². The van der Waals surface area contributed by atoms with Gasteiger partial charge < -0.3 is 8.85 Å². The van der Waals surface area contributed by atoms with Crippen LogP contribution in [-0.2, 0) is 8.85 Å². The highest BCUT2D eigenvalue weighted by Gasteiger charge is 2.45. The van der Waals surface area contributed by atoms with E-state index in [0.29, 0.717) is 0 Å². The second-order valence-electron chi connectivity index (χ2n) is 7.59. The monoisotopic (exact) mass is 348 g/mol. The fourth-order valence-corrected chi connectivity index (χ4v) is 2.99. The first kappa shape index (κ1) is 21.3. The van der Waals surface area contributed by atoms with Crippen LogP contribution in [0.25, 0.3) is 0 Å². The van der Waals surface area contributed by atoms with Crippen LogP contribution in [0.1, 0.15) is 6.42 Å². The zero-order valence-electron chi connectivity index (χ0n) is 14.7. The first-order chi connectivity index (χ1) is 10.4. The van der Waals surface area contributed by atoms with Gasteiger partial charge in [-0.05, 0) is 39.3 Å². The van der Waals surface area contributed by atoms with Crippen LogP contribution in [0.3, 0.4) is 0 Å². The number of rotatable bonds is 8. The van der Waals surface area contributed by atoms with Crippen LogP contribution in [-0.4, -0.2) is 29.8 Å². The highest BCUT2D eigenvalue weighted by Crippen LogP contribution is 2.35. The largest absolute Gasteiger partial charge is 0.415 e. The number of hydrogen-bond acceptors (Lipinski definition) is 6. The third-order valence-electron chi connectivity index (χ3n) is 2.96. The topological polar surface area (TPSA) is 114 Å². The molecule has 0 spiro atoms. The Morgan fingerprint density at radius 2 is 0.913 bits per heavy atom. The average Bonchev–Trinajstić information content (AvgIpc) is 2.46. The molecule has 0 fully saturated rings. The van der Waals surface area contributed by atoms with Gasteiger partial charge in [-0.15, -0.1) is 0 Å². The van der Waals surface area contributed by atoms with Crippen LogP contribution >= 0.6 is 0 Å². The van der Waals surface area contributed by atoms with Gasteiger partial charge in [0.05, 0.1) is 37.5 Å². The maximum Gasteiger partial charge on any atom is 0.183 e. The molecule has 0 aliphatic rings. The normalized spacial score (nSPS) is 12.6. The van der Waals surface area contributed by atoms with Crippen LogP contribution in [0.5, 0.6) is 0 Å². The van der Waals surface area contributed by atoms with E-state index in [4.69, 9.17) is 8.85 Å². The van der Waals surface area contributed by atoms with Gasteiger partial charge in [-0.3, -0.25) is 0 Å². The molecule has 0 heterocycles. The molecule has 0 saturated heterocycles. The summed E-state index contributed by atoms with van der Waals surface area (Å²) in [6.07, 6.45) is -0.213. The van der Waals surface area contributed by atoms with E-state index in [9.17, 15) is 21.0 Å². The molecule has 23 heavy (non-hydrogen) atoms. The summed E-state index contributed by atoms with van der Waals surface area (Å²) in [5.74, 6) is 0. The Bertz CT molecular complexity index is 500. The molecule has 0 aromatic carbocycles. The van der Waals surface area contributed by atoms with Crippen molar-refractivity contribution in [3.8, 4) is 24.3 Å². The Morgan fingerprint density at radius 3 is 1.09 bits per heavy atom. The fourth-order valence-electron chi connectivity index (χ4n) is 1.63. The molecule has 0 saturated carbocycles. The molecule has 0 aliphatic heterocycles. The van der Waals surface area contributed by atoms with E-state index in [-0.39, 0.29) is 19.6 Å². The highest BCUT2D eigenvalue weighted by atomic mass is 28.4. The first-order valence-corrected chi connectivity index (χ1v) is 14.1. The van der Waals surface area contributed by atoms with Crippen molar-refractivity contribution < 1.29 is 8.85 Å². The first-order valence-electron chi connectivity index (χ1n) is 7.29. The van der Waals surface area contributed by atoms with Gasteiger partial charge in [0.1, 0.15) is 0 Å². The molecular weight excluding hydrogens is 324 g/mol. The van der Waals surface area contributed by atoms with Gasteiger partial charge in [-0.2, -0.15) is 21.0 Å². The van der Waals surface area contributed by atoms with Crippen molar-refractivity contribution in [1.82, 2.24) is 0 Å². The molecule has 6 nitrogen and oxygen atoms in total. The minimum atomic E-state index is -1.94. The summed E-state index contributed by atoms with van der Waals surface area (Å²) >= 11 is 0. The summed E-state index contributed by atoms with van der Waals surface area (Å²) < 4.78 is 11.4. The Kier molecular flexibility index (Phi) is 7.16. The van der Waals surface area contributed by atoms with Crippen LogP contribution in [0.15, 0.2) is 0 Å². The molecule has 0 aromatic rings. The quantitative estimate of drug-likeness (QED) is 0.622. The van der Waals surface area contributed by atoms with Gasteiger partial charge in [0.15, 0.2) is 27.5 Å². The summed E-state index contributed by atoms with van der Waals surface area (Å²) in [4.78, 5) is 0. The lowest BCUT2D eigenvalue weighted by Gasteiger charge is -2.30. The van der Waals surface area contributed by atoms with E-state index < -0.39 is 27.5 Å².